The Morgan fingerprint density at radius 1 is 0.947 bits per heavy atom. The van der Waals surface area contributed by atoms with Gasteiger partial charge in [0.25, 0.3) is 0 Å². The lowest BCUT2D eigenvalue weighted by atomic mass is 10.2. The first kappa shape index (κ1) is 17.0. The zero-order valence-electron chi connectivity index (χ0n) is 11.5. The van der Waals surface area contributed by atoms with Gasteiger partial charge in [-0.25, -0.2) is 0 Å². The van der Waals surface area contributed by atoms with E-state index in [0.29, 0.717) is 0 Å². The number of rotatable bonds is 7. The molecule has 0 spiro atoms. The first-order chi connectivity index (χ1) is 9.35. The maximum Gasteiger partial charge on any atom is 0.150 e. The quantitative estimate of drug-likeness (QED) is 0.315. The third-order valence-electron chi connectivity index (χ3n) is 2.35. The molecule has 0 aliphatic rings. The van der Waals surface area contributed by atoms with Gasteiger partial charge in [-0.3, -0.25) is 9.59 Å². The van der Waals surface area contributed by atoms with Crippen LogP contribution in [-0.2, 0) is 4.79 Å². The first-order valence-electron chi connectivity index (χ1n) is 6.62. The van der Waals surface area contributed by atoms with Crippen molar-refractivity contribution in [2.24, 2.45) is 0 Å². The summed E-state index contributed by atoms with van der Waals surface area (Å²) in [6, 6.07) is 9.10. The Morgan fingerprint density at radius 2 is 1.68 bits per heavy atom. The minimum atomic E-state index is 0.729. The van der Waals surface area contributed by atoms with Gasteiger partial charge in [0.15, 0.2) is 0 Å². The molecule has 2 heteroatoms. The number of carbonyl (C=O) groups excluding carboxylic acids is 2. The molecule has 0 heterocycles. The summed E-state index contributed by atoms with van der Waals surface area (Å²) in [5.74, 6) is 0. The standard InChI is InChI=1S/C10H16O.C7H6O/c1-2-3-4-5-6-7-8-9-10-11;8-6-7-4-2-1-3-5-7/h6-10H,2-5H2,1H3;1-6H/b7-6+,9-8+;. The van der Waals surface area contributed by atoms with E-state index in [-0.39, 0.29) is 0 Å². The van der Waals surface area contributed by atoms with Gasteiger partial charge in [-0.2, -0.15) is 0 Å². The summed E-state index contributed by atoms with van der Waals surface area (Å²) in [6.45, 7) is 2.19. The molecule has 1 aromatic rings. The minimum Gasteiger partial charge on any atom is -0.299 e. The third-order valence-corrected chi connectivity index (χ3v) is 2.35. The number of hydrogen-bond acceptors (Lipinski definition) is 2. The van der Waals surface area contributed by atoms with Crippen molar-refractivity contribution in [2.75, 3.05) is 0 Å². The van der Waals surface area contributed by atoms with Crippen LogP contribution in [0.3, 0.4) is 0 Å². The summed E-state index contributed by atoms with van der Waals surface area (Å²) in [5.41, 5.74) is 0.729. The van der Waals surface area contributed by atoms with E-state index in [1.54, 1.807) is 18.2 Å². The molecule has 102 valence electrons. The molecular formula is C17H22O2. The maximum absolute atomic E-state index is 10.0. The molecule has 0 aromatic heterocycles. The smallest absolute Gasteiger partial charge is 0.150 e. The molecule has 0 aliphatic carbocycles. The molecule has 0 unspecified atom stereocenters. The molecule has 0 atom stereocenters. The summed E-state index contributed by atoms with van der Waals surface area (Å²) < 4.78 is 0. The van der Waals surface area contributed by atoms with Crippen molar-refractivity contribution in [1.82, 2.24) is 0 Å². The van der Waals surface area contributed by atoms with Crippen LogP contribution in [0.25, 0.3) is 0 Å². The fourth-order valence-corrected chi connectivity index (χ4v) is 1.33. The molecule has 0 saturated carbocycles. The number of benzene rings is 1. The van der Waals surface area contributed by atoms with Gasteiger partial charge in [0.05, 0.1) is 0 Å². The molecule has 1 aromatic carbocycles. The molecule has 0 radical (unpaired) electrons. The number of allylic oxidation sites excluding steroid dienone is 4. The van der Waals surface area contributed by atoms with Gasteiger partial charge in [0.2, 0.25) is 0 Å². The van der Waals surface area contributed by atoms with Crippen LogP contribution in [-0.4, -0.2) is 12.6 Å². The van der Waals surface area contributed by atoms with Gasteiger partial charge in [-0.05, 0) is 18.9 Å². The highest BCUT2D eigenvalue weighted by molar-refractivity contribution is 5.74. The molecule has 0 aliphatic heterocycles. The molecule has 19 heavy (non-hydrogen) atoms. The van der Waals surface area contributed by atoms with Crippen LogP contribution in [0.5, 0.6) is 0 Å². The van der Waals surface area contributed by atoms with E-state index >= 15 is 0 Å². The van der Waals surface area contributed by atoms with E-state index in [9.17, 15) is 9.59 Å². The Bertz CT molecular complexity index is 378. The van der Waals surface area contributed by atoms with Crippen LogP contribution >= 0.6 is 0 Å². The van der Waals surface area contributed by atoms with Crippen molar-refractivity contribution in [3.05, 3.63) is 60.2 Å². The summed E-state index contributed by atoms with van der Waals surface area (Å²) in [7, 11) is 0. The lowest BCUT2D eigenvalue weighted by Gasteiger charge is -1.89. The van der Waals surface area contributed by atoms with Crippen LogP contribution in [0.4, 0.5) is 0 Å². The van der Waals surface area contributed by atoms with Crippen molar-refractivity contribution in [1.29, 1.82) is 0 Å². The van der Waals surface area contributed by atoms with Gasteiger partial charge >= 0.3 is 0 Å². The highest BCUT2D eigenvalue weighted by atomic mass is 16.1. The van der Waals surface area contributed by atoms with Gasteiger partial charge in [-0.1, -0.05) is 68.3 Å². The highest BCUT2D eigenvalue weighted by Gasteiger charge is 1.80. The zero-order valence-corrected chi connectivity index (χ0v) is 11.5. The van der Waals surface area contributed by atoms with Gasteiger partial charge in [0, 0.05) is 5.56 Å². The van der Waals surface area contributed by atoms with E-state index < -0.39 is 0 Å². The monoisotopic (exact) mass is 258 g/mol. The Morgan fingerprint density at radius 3 is 2.21 bits per heavy atom. The zero-order chi connectivity index (χ0) is 14.2. The lowest BCUT2D eigenvalue weighted by Crippen LogP contribution is -1.73. The second-order valence-electron chi connectivity index (χ2n) is 3.97. The maximum atomic E-state index is 10.0. The second kappa shape index (κ2) is 14.1. The lowest BCUT2D eigenvalue weighted by molar-refractivity contribution is -0.104. The summed E-state index contributed by atoms with van der Waals surface area (Å²) >= 11 is 0. The second-order valence-corrected chi connectivity index (χ2v) is 3.97. The summed E-state index contributed by atoms with van der Waals surface area (Å²) in [4.78, 5) is 19.8. The molecule has 1 rings (SSSR count). The highest BCUT2D eigenvalue weighted by Crippen LogP contribution is 1.99. The van der Waals surface area contributed by atoms with Crippen molar-refractivity contribution < 1.29 is 9.59 Å². The molecule has 0 fully saturated rings. The Balaban J connectivity index is 0.000000356. The Labute approximate surface area is 115 Å². The largest absolute Gasteiger partial charge is 0.299 e. The van der Waals surface area contributed by atoms with Crippen molar-refractivity contribution in [2.45, 2.75) is 32.6 Å². The Hall–Kier alpha value is -1.96. The molecule has 0 N–H and O–H groups in total. The average molecular weight is 258 g/mol. The minimum absolute atomic E-state index is 0.729. The predicted octanol–water partition coefficient (Wildman–Crippen LogP) is 4.38. The van der Waals surface area contributed by atoms with Gasteiger partial charge < -0.3 is 0 Å². The van der Waals surface area contributed by atoms with Gasteiger partial charge in [-0.15, -0.1) is 0 Å². The molecule has 0 bridgehead atoms. The van der Waals surface area contributed by atoms with E-state index in [2.05, 4.69) is 13.0 Å². The summed E-state index contributed by atoms with van der Waals surface area (Å²) in [5, 5.41) is 0. The van der Waals surface area contributed by atoms with E-state index in [0.717, 1.165) is 24.6 Å². The Kier molecular flexibility index (Phi) is 12.6. The summed E-state index contributed by atoms with van der Waals surface area (Å²) in [6.07, 6.45) is 13.8. The predicted molar refractivity (Wildman–Crippen MR) is 80.3 cm³/mol. The van der Waals surface area contributed by atoms with E-state index in [1.165, 1.54) is 25.3 Å². The molecule has 0 saturated heterocycles. The van der Waals surface area contributed by atoms with E-state index in [4.69, 9.17) is 0 Å². The van der Waals surface area contributed by atoms with Crippen LogP contribution in [0.2, 0.25) is 0 Å². The fraction of sp³-hybridized carbons (Fsp3) is 0.294. The molecular weight excluding hydrogens is 236 g/mol. The molecule has 0 amide bonds. The van der Waals surface area contributed by atoms with Gasteiger partial charge in [0.1, 0.15) is 12.6 Å². The SMILES string of the molecule is CCCCC/C=C/C=C/C=O.O=Cc1ccccc1. The van der Waals surface area contributed by atoms with E-state index in [1.807, 2.05) is 24.3 Å². The number of aldehydes is 2. The number of hydrogen-bond donors (Lipinski definition) is 0. The first-order valence-corrected chi connectivity index (χ1v) is 6.62. The normalized spacial score (nSPS) is 10.2. The van der Waals surface area contributed by atoms with Crippen LogP contribution in [0.1, 0.15) is 43.0 Å². The molecule has 2 nitrogen and oxygen atoms in total. The third kappa shape index (κ3) is 12.3. The van der Waals surface area contributed by atoms with Crippen LogP contribution < -0.4 is 0 Å². The topological polar surface area (TPSA) is 34.1 Å². The average Bonchev–Trinajstić information content (AvgIpc) is 2.48. The van der Waals surface area contributed by atoms with Crippen molar-refractivity contribution >= 4 is 12.6 Å². The van der Waals surface area contributed by atoms with Crippen molar-refractivity contribution in [3.63, 3.8) is 0 Å². The van der Waals surface area contributed by atoms with Crippen LogP contribution in [0.15, 0.2) is 54.6 Å². The number of carbonyl (C=O) groups is 2. The fourth-order valence-electron chi connectivity index (χ4n) is 1.33. The van der Waals surface area contributed by atoms with Crippen molar-refractivity contribution in [3.8, 4) is 0 Å². The van der Waals surface area contributed by atoms with Crippen LogP contribution in [0, 0.1) is 0 Å². The number of unbranched alkanes of at least 4 members (excludes halogenated alkanes) is 3.